The van der Waals surface area contributed by atoms with E-state index in [0.29, 0.717) is 12.6 Å². The summed E-state index contributed by atoms with van der Waals surface area (Å²) in [5.74, 6) is -2.25. The molecule has 0 spiro atoms. The number of carbonyl (C=O) groups excluding carboxylic acids is 1. The molecular weight excluding hydrogens is 251 g/mol. The minimum atomic E-state index is -1.20. The van der Waals surface area contributed by atoms with Gasteiger partial charge in [-0.05, 0) is 31.0 Å². The van der Waals surface area contributed by atoms with Crippen molar-refractivity contribution in [3.05, 3.63) is 29.6 Å². The lowest BCUT2D eigenvalue weighted by Gasteiger charge is -2.07. The van der Waals surface area contributed by atoms with Gasteiger partial charge in [0.2, 0.25) is 5.91 Å². The van der Waals surface area contributed by atoms with Gasteiger partial charge >= 0.3 is 5.97 Å². The van der Waals surface area contributed by atoms with Gasteiger partial charge in [-0.25, -0.2) is 9.18 Å². The lowest BCUT2D eigenvalue weighted by molar-refractivity contribution is -0.116. The largest absolute Gasteiger partial charge is 0.478 e. The lowest BCUT2D eigenvalue weighted by atomic mass is 10.2. The number of halogens is 1. The fraction of sp³-hybridized carbons (Fsp3) is 0.385. The Morgan fingerprint density at radius 2 is 2.11 bits per heavy atom. The fourth-order valence-electron chi connectivity index (χ4n) is 1.64. The third kappa shape index (κ3) is 4.03. The highest BCUT2D eigenvalue weighted by Gasteiger charge is 2.20. The molecule has 1 aliphatic rings. The number of rotatable bonds is 6. The monoisotopic (exact) mass is 266 g/mol. The third-order valence-electron chi connectivity index (χ3n) is 2.85. The summed E-state index contributed by atoms with van der Waals surface area (Å²) in [6.45, 7) is 0.561. The molecule has 6 heteroatoms. The van der Waals surface area contributed by atoms with Crippen LogP contribution in [0.3, 0.4) is 0 Å². The summed E-state index contributed by atoms with van der Waals surface area (Å²) in [4.78, 5) is 22.2. The van der Waals surface area contributed by atoms with Crippen molar-refractivity contribution in [2.45, 2.75) is 25.3 Å². The van der Waals surface area contributed by atoms with Crippen LogP contribution in [0.15, 0.2) is 18.2 Å². The van der Waals surface area contributed by atoms with E-state index < -0.39 is 11.8 Å². The highest BCUT2D eigenvalue weighted by atomic mass is 19.1. The van der Waals surface area contributed by atoms with Gasteiger partial charge in [-0.3, -0.25) is 4.79 Å². The number of aromatic carboxylic acids is 1. The minimum absolute atomic E-state index is 0.00132. The van der Waals surface area contributed by atoms with Crippen molar-refractivity contribution in [3.8, 4) is 0 Å². The number of anilines is 1. The van der Waals surface area contributed by atoms with Crippen LogP contribution in [-0.2, 0) is 4.79 Å². The van der Waals surface area contributed by atoms with Crippen LogP contribution in [-0.4, -0.2) is 29.6 Å². The van der Waals surface area contributed by atoms with E-state index in [0.717, 1.165) is 18.9 Å². The summed E-state index contributed by atoms with van der Waals surface area (Å²) in [6, 6.07) is 3.92. The van der Waals surface area contributed by atoms with Gasteiger partial charge in [-0.1, -0.05) is 0 Å². The van der Waals surface area contributed by atoms with Crippen molar-refractivity contribution in [1.29, 1.82) is 0 Å². The number of benzene rings is 1. The molecule has 102 valence electrons. The van der Waals surface area contributed by atoms with Crippen LogP contribution in [0.25, 0.3) is 0 Å². The molecular formula is C13H15FN2O3. The number of hydrogen-bond acceptors (Lipinski definition) is 3. The average Bonchev–Trinajstić information content (AvgIpc) is 3.15. The van der Waals surface area contributed by atoms with Crippen LogP contribution in [0.5, 0.6) is 0 Å². The normalized spacial score (nSPS) is 14.2. The zero-order valence-electron chi connectivity index (χ0n) is 10.3. The SMILES string of the molecule is O=C(CCNC1CC1)Nc1ccc(C(=O)O)cc1F. The Kier molecular flexibility index (Phi) is 4.11. The molecule has 0 bridgehead atoms. The Bertz CT molecular complexity index is 501. The van der Waals surface area contributed by atoms with Gasteiger partial charge in [0.15, 0.2) is 0 Å². The molecule has 0 heterocycles. The Labute approximate surface area is 109 Å². The first-order valence-electron chi connectivity index (χ1n) is 6.12. The molecule has 19 heavy (non-hydrogen) atoms. The zero-order valence-corrected chi connectivity index (χ0v) is 10.3. The molecule has 5 nitrogen and oxygen atoms in total. The van der Waals surface area contributed by atoms with Gasteiger partial charge < -0.3 is 15.7 Å². The number of hydrogen-bond donors (Lipinski definition) is 3. The molecule has 1 aromatic carbocycles. The van der Waals surface area contributed by atoms with Crippen LogP contribution >= 0.6 is 0 Å². The average molecular weight is 266 g/mol. The number of amides is 1. The summed E-state index contributed by atoms with van der Waals surface area (Å²) in [5.41, 5.74) is -0.146. The van der Waals surface area contributed by atoms with Crippen LogP contribution in [0.2, 0.25) is 0 Å². The van der Waals surface area contributed by atoms with E-state index >= 15 is 0 Å². The summed E-state index contributed by atoms with van der Waals surface area (Å²) in [7, 11) is 0. The van der Waals surface area contributed by atoms with Crippen molar-refractivity contribution in [2.75, 3.05) is 11.9 Å². The van der Waals surface area contributed by atoms with E-state index in [1.165, 1.54) is 12.1 Å². The number of carbonyl (C=O) groups is 2. The summed E-state index contributed by atoms with van der Waals surface area (Å²) < 4.78 is 13.5. The summed E-state index contributed by atoms with van der Waals surface area (Å²) in [5, 5.41) is 14.3. The molecule has 2 rings (SSSR count). The molecule has 1 fully saturated rings. The van der Waals surface area contributed by atoms with E-state index in [-0.39, 0.29) is 23.6 Å². The number of nitrogens with one attached hydrogen (secondary N) is 2. The highest BCUT2D eigenvalue weighted by molar-refractivity contribution is 5.92. The van der Waals surface area contributed by atoms with E-state index in [1.807, 2.05) is 0 Å². The summed E-state index contributed by atoms with van der Waals surface area (Å²) >= 11 is 0. The Morgan fingerprint density at radius 3 is 2.68 bits per heavy atom. The van der Waals surface area contributed by atoms with Crippen LogP contribution < -0.4 is 10.6 Å². The molecule has 1 aromatic rings. The molecule has 1 aliphatic carbocycles. The van der Waals surface area contributed by atoms with Crippen molar-refractivity contribution < 1.29 is 19.1 Å². The summed E-state index contributed by atoms with van der Waals surface area (Å²) in [6.07, 6.45) is 2.55. The Balaban J connectivity index is 1.86. The van der Waals surface area contributed by atoms with Gasteiger partial charge in [0.05, 0.1) is 11.3 Å². The first kappa shape index (κ1) is 13.5. The first-order chi connectivity index (χ1) is 9.06. The zero-order chi connectivity index (χ0) is 13.8. The van der Waals surface area contributed by atoms with Crippen molar-refractivity contribution in [2.24, 2.45) is 0 Å². The Morgan fingerprint density at radius 1 is 1.37 bits per heavy atom. The molecule has 0 radical (unpaired) electrons. The minimum Gasteiger partial charge on any atom is -0.478 e. The maximum Gasteiger partial charge on any atom is 0.335 e. The molecule has 0 saturated heterocycles. The van der Waals surface area contributed by atoms with Gasteiger partial charge in [0.1, 0.15) is 5.82 Å². The fourth-order valence-corrected chi connectivity index (χ4v) is 1.64. The molecule has 0 aliphatic heterocycles. The van der Waals surface area contributed by atoms with Gasteiger partial charge in [-0.15, -0.1) is 0 Å². The second kappa shape index (κ2) is 5.79. The topological polar surface area (TPSA) is 78.4 Å². The molecule has 0 aromatic heterocycles. The number of carboxylic acids is 1. The Hall–Kier alpha value is -1.95. The van der Waals surface area contributed by atoms with Crippen LogP contribution in [0.1, 0.15) is 29.6 Å². The van der Waals surface area contributed by atoms with E-state index in [2.05, 4.69) is 10.6 Å². The van der Waals surface area contributed by atoms with Crippen LogP contribution in [0, 0.1) is 5.82 Å². The van der Waals surface area contributed by atoms with Crippen molar-refractivity contribution >= 4 is 17.6 Å². The lowest BCUT2D eigenvalue weighted by Crippen LogP contribution is -2.23. The van der Waals surface area contributed by atoms with Gasteiger partial charge in [0, 0.05) is 19.0 Å². The van der Waals surface area contributed by atoms with E-state index in [1.54, 1.807) is 0 Å². The van der Waals surface area contributed by atoms with Crippen LogP contribution in [0.4, 0.5) is 10.1 Å². The molecule has 1 saturated carbocycles. The quantitative estimate of drug-likeness (QED) is 0.731. The standard InChI is InChI=1S/C13H15FN2O3/c14-10-7-8(13(18)19)1-4-11(10)16-12(17)5-6-15-9-2-3-9/h1,4,7,9,15H,2-3,5-6H2,(H,16,17)(H,18,19). The molecule has 0 atom stereocenters. The maximum absolute atomic E-state index is 13.5. The van der Waals surface area contributed by atoms with E-state index in [4.69, 9.17) is 5.11 Å². The molecule has 0 unspecified atom stereocenters. The number of carboxylic acid groups (broad SMARTS) is 1. The predicted molar refractivity (Wildman–Crippen MR) is 67.6 cm³/mol. The maximum atomic E-state index is 13.5. The molecule has 1 amide bonds. The van der Waals surface area contributed by atoms with Gasteiger partial charge in [-0.2, -0.15) is 0 Å². The highest BCUT2D eigenvalue weighted by Crippen LogP contribution is 2.18. The van der Waals surface area contributed by atoms with E-state index in [9.17, 15) is 14.0 Å². The van der Waals surface area contributed by atoms with Crippen molar-refractivity contribution in [3.63, 3.8) is 0 Å². The first-order valence-corrected chi connectivity index (χ1v) is 6.12. The van der Waals surface area contributed by atoms with Gasteiger partial charge in [0.25, 0.3) is 0 Å². The smallest absolute Gasteiger partial charge is 0.335 e. The second-order valence-electron chi connectivity index (χ2n) is 4.53. The third-order valence-corrected chi connectivity index (χ3v) is 2.85. The molecule has 3 N–H and O–H groups in total. The van der Waals surface area contributed by atoms with Crippen molar-refractivity contribution in [1.82, 2.24) is 5.32 Å². The second-order valence-corrected chi connectivity index (χ2v) is 4.53. The predicted octanol–water partition coefficient (Wildman–Crippen LogP) is 1.60.